The Morgan fingerprint density at radius 2 is 2.27 bits per heavy atom. The maximum Gasteiger partial charge on any atom is 0.372 e. The number of carbonyl (C=O) groups excluding carboxylic acids is 1. The lowest BCUT2D eigenvalue weighted by Crippen LogP contribution is -2.10. The van der Waals surface area contributed by atoms with Gasteiger partial charge in [0.2, 0.25) is 0 Å². The molecule has 5 nitrogen and oxygen atoms in total. The van der Waals surface area contributed by atoms with Crippen LogP contribution in [0.1, 0.15) is 0 Å². The van der Waals surface area contributed by atoms with Crippen LogP contribution in [0.3, 0.4) is 0 Å². The fraction of sp³-hybridized carbons (Fsp3) is 0.333. The van der Waals surface area contributed by atoms with E-state index in [1.165, 1.54) is 6.26 Å². The molecule has 5 heteroatoms. The van der Waals surface area contributed by atoms with Crippen molar-refractivity contribution < 1.29 is 19.4 Å². The van der Waals surface area contributed by atoms with Gasteiger partial charge in [0.15, 0.2) is 5.76 Å². The average Bonchev–Trinajstić information content (AvgIpc) is 1.97. The molecule has 0 amide bonds. The molecule has 0 aromatic heterocycles. The van der Waals surface area contributed by atoms with Crippen LogP contribution in [0.2, 0.25) is 0 Å². The van der Waals surface area contributed by atoms with Crippen molar-refractivity contribution in [1.29, 1.82) is 5.26 Å². The average molecular weight is 157 g/mol. The second kappa shape index (κ2) is 5.11. The van der Waals surface area contributed by atoms with Crippen molar-refractivity contribution in [2.24, 2.45) is 0 Å². The second-order valence-electron chi connectivity index (χ2n) is 1.52. The number of aliphatic hydroxyl groups excluding tert-OH is 1. The lowest BCUT2D eigenvalue weighted by Gasteiger charge is -2.00. The first-order valence-corrected chi connectivity index (χ1v) is 2.74. The van der Waals surface area contributed by atoms with E-state index in [0.29, 0.717) is 0 Å². The summed E-state index contributed by atoms with van der Waals surface area (Å²) in [5, 5.41) is 16.3. The van der Waals surface area contributed by atoms with Gasteiger partial charge in [-0.1, -0.05) is 0 Å². The lowest BCUT2D eigenvalue weighted by atomic mass is 10.6. The zero-order valence-corrected chi connectivity index (χ0v) is 5.74. The van der Waals surface area contributed by atoms with Crippen LogP contribution in [-0.2, 0) is 14.3 Å². The molecule has 0 spiro atoms. The van der Waals surface area contributed by atoms with E-state index in [2.05, 4.69) is 16.1 Å². The molecule has 0 aliphatic carbocycles. The largest absolute Gasteiger partial charge is 0.502 e. The summed E-state index contributed by atoms with van der Waals surface area (Å²) >= 11 is 0. The third kappa shape index (κ3) is 4.78. The highest BCUT2D eigenvalue weighted by Gasteiger charge is 2.04. The van der Waals surface area contributed by atoms with Crippen LogP contribution >= 0.6 is 0 Å². The summed E-state index contributed by atoms with van der Waals surface area (Å²) in [7, 11) is 0. The van der Waals surface area contributed by atoms with Crippen molar-refractivity contribution >= 4 is 5.97 Å². The van der Waals surface area contributed by atoms with Crippen molar-refractivity contribution in [2.45, 2.75) is 0 Å². The molecule has 0 aromatic carbocycles. The van der Waals surface area contributed by atoms with E-state index >= 15 is 0 Å². The molecule has 0 bridgehead atoms. The Morgan fingerprint density at radius 3 is 2.73 bits per heavy atom. The molecule has 0 atom stereocenters. The highest BCUT2D eigenvalue weighted by molar-refractivity contribution is 5.84. The lowest BCUT2D eigenvalue weighted by molar-refractivity contribution is -0.142. The summed E-state index contributed by atoms with van der Waals surface area (Å²) in [5.41, 5.74) is 0. The molecular weight excluding hydrogens is 150 g/mol. The van der Waals surface area contributed by atoms with Crippen molar-refractivity contribution in [3.63, 3.8) is 0 Å². The van der Waals surface area contributed by atoms with Crippen LogP contribution in [0, 0.1) is 11.5 Å². The number of nitriles is 1. The van der Waals surface area contributed by atoms with Crippen LogP contribution in [0.4, 0.5) is 0 Å². The maximum absolute atomic E-state index is 10.4. The Kier molecular flexibility index (Phi) is 4.32. The fourth-order valence-electron chi connectivity index (χ4n) is 0.305. The summed E-state index contributed by atoms with van der Waals surface area (Å²) < 4.78 is 8.52. The van der Waals surface area contributed by atoms with Gasteiger partial charge in [-0.25, -0.2) is 4.79 Å². The van der Waals surface area contributed by atoms with Gasteiger partial charge >= 0.3 is 5.97 Å². The number of esters is 1. The van der Waals surface area contributed by atoms with Crippen molar-refractivity contribution in [3.8, 4) is 6.26 Å². The third-order valence-electron chi connectivity index (χ3n) is 0.719. The number of aliphatic hydroxyl groups is 1. The van der Waals surface area contributed by atoms with Gasteiger partial charge in [-0.2, -0.15) is 5.26 Å². The van der Waals surface area contributed by atoms with Gasteiger partial charge in [0.1, 0.15) is 13.2 Å². The monoisotopic (exact) mass is 157 g/mol. The summed E-state index contributed by atoms with van der Waals surface area (Å²) in [5.74, 6) is -1.58. The zero-order valence-electron chi connectivity index (χ0n) is 5.74. The third-order valence-corrected chi connectivity index (χ3v) is 0.719. The topological polar surface area (TPSA) is 79.6 Å². The van der Waals surface area contributed by atoms with Gasteiger partial charge in [-0.05, 0) is 6.58 Å². The van der Waals surface area contributed by atoms with Crippen LogP contribution in [0.15, 0.2) is 12.3 Å². The molecule has 0 saturated carbocycles. The van der Waals surface area contributed by atoms with E-state index in [1.54, 1.807) is 0 Å². The molecule has 1 N–H and O–H groups in total. The Hall–Kier alpha value is -1.70. The van der Waals surface area contributed by atoms with Crippen LogP contribution in [-0.4, -0.2) is 24.3 Å². The molecule has 0 rings (SSSR count). The molecular formula is C6H7NO4. The molecule has 0 aliphatic heterocycles. The minimum absolute atomic E-state index is 0.0183. The number of carbonyl (C=O) groups is 1. The van der Waals surface area contributed by atoms with Gasteiger partial charge in [0, 0.05) is 0 Å². The van der Waals surface area contributed by atoms with Gasteiger partial charge in [0.05, 0.1) is 0 Å². The molecule has 60 valence electrons. The van der Waals surface area contributed by atoms with Crippen LogP contribution < -0.4 is 0 Å². The van der Waals surface area contributed by atoms with Gasteiger partial charge in [-0.15, -0.1) is 0 Å². The van der Waals surface area contributed by atoms with Crippen LogP contribution in [0.25, 0.3) is 0 Å². The predicted octanol–water partition coefficient (Wildman–Crippen LogP) is 0.0990. The predicted molar refractivity (Wildman–Crippen MR) is 34.3 cm³/mol. The van der Waals surface area contributed by atoms with Gasteiger partial charge in [-0.3, -0.25) is 0 Å². The van der Waals surface area contributed by atoms with Gasteiger partial charge in [0.25, 0.3) is 6.26 Å². The quantitative estimate of drug-likeness (QED) is 0.206. The summed E-state index contributed by atoms with van der Waals surface area (Å²) in [4.78, 5) is 10.4. The minimum atomic E-state index is -0.911. The van der Waals surface area contributed by atoms with E-state index in [-0.39, 0.29) is 13.2 Å². The normalized spacial score (nSPS) is 7.91. The summed E-state index contributed by atoms with van der Waals surface area (Å²) in [6.45, 7) is 2.83. The first-order valence-electron chi connectivity index (χ1n) is 2.74. The van der Waals surface area contributed by atoms with E-state index in [9.17, 15) is 4.79 Å². The molecule has 0 heterocycles. The maximum atomic E-state index is 10.4. The van der Waals surface area contributed by atoms with Crippen molar-refractivity contribution in [1.82, 2.24) is 0 Å². The summed E-state index contributed by atoms with van der Waals surface area (Å²) in [6, 6.07) is 0. The first-order chi connectivity index (χ1) is 5.18. The minimum Gasteiger partial charge on any atom is -0.502 e. The highest BCUT2D eigenvalue weighted by atomic mass is 16.6. The molecule has 0 fully saturated rings. The van der Waals surface area contributed by atoms with E-state index in [4.69, 9.17) is 10.4 Å². The summed E-state index contributed by atoms with van der Waals surface area (Å²) in [6.07, 6.45) is 1.39. The molecule has 0 aliphatic rings. The zero-order chi connectivity index (χ0) is 8.69. The number of hydrogen-bond donors (Lipinski definition) is 1. The number of ether oxygens (including phenoxy) is 2. The molecule has 0 saturated heterocycles. The molecule has 0 aromatic rings. The Bertz CT molecular complexity index is 193. The number of hydrogen-bond acceptors (Lipinski definition) is 5. The fourth-order valence-corrected chi connectivity index (χ4v) is 0.305. The SMILES string of the molecule is C=C(O)C(=O)OCCOC#N. The van der Waals surface area contributed by atoms with Crippen molar-refractivity contribution in [3.05, 3.63) is 12.3 Å². The second-order valence-corrected chi connectivity index (χ2v) is 1.52. The smallest absolute Gasteiger partial charge is 0.372 e. The molecule has 0 radical (unpaired) electrons. The Morgan fingerprint density at radius 1 is 1.64 bits per heavy atom. The first kappa shape index (κ1) is 9.30. The Labute approximate surface area is 63.4 Å². The van der Waals surface area contributed by atoms with Crippen molar-refractivity contribution in [2.75, 3.05) is 13.2 Å². The van der Waals surface area contributed by atoms with E-state index < -0.39 is 11.7 Å². The molecule has 11 heavy (non-hydrogen) atoms. The van der Waals surface area contributed by atoms with E-state index in [0.717, 1.165) is 0 Å². The standard InChI is InChI=1S/C6H7NO4/c1-5(8)6(9)11-3-2-10-4-7/h8H,1-3H2. The van der Waals surface area contributed by atoms with Crippen LogP contribution in [0.5, 0.6) is 0 Å². The molecule has 0 unspecified atom stereocenters. The Balaban J connectivity index is 3.34. The number of nitrogens with zero attached hydrogens (tertiary/aromatic N) is 1. The number of rotatable bonds is 4. The van der Waals surface area contributed by atoms with E-state index in [1.807, 2.05) is 0 Å². The highest BCUT2D eigenvalue weighted by Crippen LogP contribution is 1.87. The van der Waals surface area contributed by atoms with Gasteiger partial charge < -0.3 is 14.6 Å².